The summed E-state index contributed by atoms with van der Waals surface area (Å²) in [4.78, 5) is 15.9. The van der Waals surface area contributed by atoms with Crippen LogP contribution in [0.1, 0.15) is 16.1 Å². The number of rotatable bonds is 6. The van der Waals surface area contributed by atoms with E-state index >= 15 is 0 Å². The van der Waals surface area contributed by atoms with Crippen LogP contribution >= 0.6 is 23.6 Å². The van der Waals surface area contributed by atoms with Crippen LogP contribution in [0.25, 0.3) is 0 Å². The molecule has 2 N–H and O–H groups in total. The maximum atomic E-state index is 11.9. The van der Waals surface area contributed by atoms with Gasteiger partial charge in [0.05, 0.1) is 13.5 Å². The minimum Gasteiger partial charge on any atom is -0.497 e. The summed E-state index contributed by atoms with van der Waals surface area (Å²) in [5, 5.41) is 2.93. The summed E-state index contributed by atoms with van der Waals surface area (Å²) in [6.45, 7) is 2.56. The van der Waals surface area contributed by atoms with E-state index in [0.29, 0.717) is 16.9 Å². The van der Waals surface area contributed by atoms with E-state index in [1.807, 2.05) is 31.2 Å². The Morgan fingerprint density at radius 1 is 1.38 bits per heavy atom. The Morgan fingerprint density at radius 3 is 2.67 bits per heavy atom. The molecule has 112 valence electrons. The van der Waals surface area contributed by atoms with Gasteiger partial charge in [0.2, 0.25) is 5.91 Å². The number of aromatic amines is 1. The summed E-state index contributed by atoms with van der Waals surface area (Å²) >= 11 is 6.53. The Kier molecular flexibility index (Phi) is 5.52. The van der Waals surface area contributed by atoms with Gasteiger partial charge in [0, 0.05) is 17.1 Å². The Hall–Kier alpha value is -1.66. The lowest BCUT2D eigenvalue weighted by Crippen LogP contribution is -2.27. The van der Waals surface area contributed by atoms with Gasteiger partial charge in [-0.25, -0.2) is 0 Å². The quantitative estimate of drug-likeness (QED) is 0.804. The maximum Gasteiger partial charge on any atom is 0.225 e. The average Bonchev–Trinajstić information content (AvgIpc) is 2.77. The van der Waals surface area contributed by atoms with Crippen LogP contribution in [0.4, 0.5) is 0 Å². The van der Waals surface area contributed by atoms with E-state index in [2.05, 4.69) is 10.3 Å². The third kappa shape index (κ3) is 4.68. The molecule has 0 aliphatic heterocycles. The van der Waals surface area contributed by atoms with Crippen molar-refractivity contribution in [2.45, 2.75) is 19.8 Å². The van der Waals surface area contributed by atoms with Crippen LogP contribution in [-0.4, -0.2) is 24.5 Å². The first-order chi connectivity index (χ1) is 10.1. The van der Waals surface area contributed by atoms with Gasteiger partial charge in [-0.1, -0.05) is 12.1 Å². The predicted molar refractivity (Wildman–Crippen MR) is 87.7 cm³/mol. The fourth-order valence-electron chi connectivity index (χ4n) is 1.95. The van der Waals surface area contributed by atoms with Crippen LogP contribution in [0.5, 0.6) is 5.75 Å². The molecule has 0 bridgehead atoms. The van der Waals surface area contributed by atoms with E-state index in [9.17, 15) is 4.79 Å². The van der Waals surface area contributed by atoms with Crippen molar-refractivity contribution in [3.63, 3.8) is 0 Å². The summed E-state index contributed by atoms with van der Waals surface area (Å²) in [5.41, 5.74) is 2.15. The maximum absolute atomic E-state index is 11.9. The molecule has 0 unspecified atom stereocenters. The van der Waals surface area contributed by atoms with Crippen molar-refractivity contribution < 1.29 is 9.53 Å². The molecule has 6 heteroatoms. The summed E-state index contributed by atoms with van der Waals surface area (Å²) < 4.78 is 5.83. The Morgan fingerprint density at radius 2 is 2.10 bits per heavy atom. The second-order valence-electron chi connectivity index (χ2n) is 4.69. The van der Waals surface area contributed by atoms with Crippen LogP contribution in [0, 0.1) is 10.9 Å². The van der Waals surface area contributed by atoms with E-state index in [4.69, 9.17) is 17.0 Å². The Labute approximate surface area is 133 Å². The third-order valence-electron chi connectivity index (χ3n) is 3.14. The van der Waals surface area contributed by atoms with E-state index in [1.54, 1.807) is 7.11 Å². The van der Waals surface area contributed by atoms with E-state index in [1.165, 1.54) is 16.9 Å². The van der Waals surface area contributed by atoms with Gasteiger partial charge < -0.3 is 15.0 Å². The molecule has 0 fully saturated rings. The zero-order valence-corrected chi connectivity index (χ0v) is 13.7. The minimum absolute atomic E-state index is 0.0249. The van der Waals surface area contributed by atoms with Crippen molar-refractivity contribution in [2.75, 3.05) is 13.7 Å². The number of H-pyrrole nitrogens is 1. The molecular formula is C15H18N2O2S2. The van der Waals surface area contributed by atoms with Gasteiger partial charge in [-0.15, -0.1) is 11.3 Å². The largest absolute Gasteiger partial charge is 0.497 e. The second-order valence-corrected chi connectivity index (χ2v) is 6.46. The predicted octanol–water partition coefficient (Wildman–Crippen LogP) is 3.02. The summed E-state index contributed by atoms with van der Waals surface area (Å²) in [6, 6.07) is 7.86. The van der Waals surface area contributed by atoms with Crippen molar-refractivity contribution in [1.82, 2.24) is 10.3 Å². The SMILES string of the molecule is COc1ccc(CCNC(=O)Cc2sc(=S)[nH]c2C)cc1. The molecule has 1 amide bonds. The van der Waals surface area contributed by atoms with E-state index < -0.39 is 0 Å². The lowest BCUT2D eigenvalue weighted by Gasteiger charge is -2.06. The first kappa shape index (κ1) is 15.7. The third-order valence-corrected chi connectivity index (χ3v) is 4.48. The number of hydrogen-bond acceptors (Lipinski definition) is 4. The van der Waals surface area contributed by atoms with Gasteiger partial charge in [0.25, 0.3) is 0 Å². The van der Waals surface area contributed by atoms with Gasteiger partial charge in [-0.2, -0.15) is 0 Å². The molecule has 0 radical (unpaired) electrons. The highest BCUT2D eigenvalue weighted by atomic mass is 32.1. The van der Waals surface area contributed by atoms with Gasteiger partial charge >= 0.3 is 0 Å². The summed E-state index contributed by atoms with van der Waals surface area (Å²) in [7, 11) is 1.65. The fraction of sp³-hybridized carbons (Fsp3) is 0.333. The number of aromatic nitrogens is 1. The lowest BCUT2D eigenvalue weighted by atomic mass is 10.1. The van der Waals surface area contributed by atoms with Gasteiger partial charge in [-0.3, -0.25) is 4.79 Å². The summed E-state index contributed by atoms with van der Waals surface area (Å²) in [6.07, 6.45) is 1.18. The normalized spacial score (nSPS) is 10.4. The van der Waals surface area contributed by atoms with Crippen LogP contribution in [0.15, 0.2) is 24.3 Å². The van der Waals surface area contributed by atoms with E-state index in [-0.39, 0.29) is 5.91 Å². The van der Waals surface area contributed by atoms with Gasteiger partial charge in [0.15, 0.2) is 3.95 Å². The molecule has 1 aromatic carbocycles. The van der Waals surface area contributed by atoms with Crippen molar-refractivity contribution in [2.24, 2.45) is 0 Å². The molecule has 1 aromatic heterocycles. The number of aryl methyl sites for hydroxylation is 1. The molecule has 4 nitrogen and oxygen atoms in total. The Bertz CT molecular complexity index is 659. The van der Waals surface area contributed by atoms with Crippen molar-refractivity contribution in [3.05, 3.63) is 44.4 Å². The highest BCUT2D eigenvalue weighted by Gasteiger charge is 2.08. The van der Waals surface area contributed by atoms with Gasteiger partial charge in [-0.05, 0) is 43.3 Å². The summed E-state index contributed by atoms with van der Waals surface area (Å²) in [5.74, 6) is 0.865. The molecule has 21 heavy (non-hydrogen) atoms. The standard InChI is InChI=1S/C15H18N2O2S2/c1-10-13(21-15(20)17-10)9-14(18)16-8-7-11-3-5-12(19-2)6-4-11/h3-6H,7-9H2,1-2H3,(H,16,18)(H,17,20). The highest BCUT2D eigenvalue weighted by molar-refractivity contribution is 7.73. The highest BCUT2D eigenvalue weighted by Crippen LogP contribution is 2.15. The number of ether oxygens (including phenoxy) is 1. The molecule has 0 atom stereocenters. The minimum atomic E-state index is 0.0249. The lowest BCUT2D eigenvalue weighted by molar-refractivity contribution is -0.120. The van der Waals surface area contributed by atoms with Crippen LogP contribution in [0.3, 0.4) is 0 Å². The van der Waals surface area contributed by atoms with Crippen LogP contribution in [0.2, 0.25) is 0 Å². The van der Waals surface area contributed by atoms with E-state index in [0.717, 1.165) is 22.7 Å². The number of carbonyl (C=O) groups is 1. The molecule has 0 saturated carbocycles. The molecule has 2 rings (SSSR count). The number of benzene rings is 1. The van der Waals surface area contributed by atoms with Crippen molar-refractivity contribution in [1.29, 1.82) is 0 Å². The fourth-order valence-corrected chi connectivity index (χ4v) is 3.24. The molecule has 0 spiro atoms. The zero-order valence-electron chi connectivity index (χ0n) is 12.1. The molecule has 1 heterocycles. The van der Waals surface area contributed by atoms with Gasteiger partial charge in [0.1, 0.15) is 5.75 Å². The second kappa shape index (κ2) is 7.38. The van der Waals surface area contributed by atoms with Crippen LogP contribution in [-0.2, 0) is 17.6 Å². The topological polar surface area (TPSA) is 54.1 Å². The number of nitrogens with one attached hydrogen (secondary N) is 2. The van der Waals surface area contributed by atoms with Crippen molar-refractivity contribution in [3.8, 4) is 5.75 Å². The molecule has 0 aliphatic rings. The molecule has 0 saturated heterocycles. The number of hydrogen-bond donors (Lipinski definition) is 2. The number of amides is 1. The molecular weight excluding hydrogens is 304 g/mol. The number of thiazole rings is 1. The average molecular weight is 322 g/mol. The monoisotopic (exact) mass is 322 g/mol. The number of carbonyl (C=O) groups excluding carboxylic acids is 1. The zero-order chi connectivity index (χ0) is 15.2. The smallest absolute Gasteiger partial charge is 0.225 e. The molecule has 2 aromatic rings. The van der Waals surface area contributed by atoms with Crippen molar-refractivity contribution >= 4 is 29.5 Å². The molecule has 0 aliphatic carbocycles. The first-order valence-corrected chi connectivity index (χ1v) is 7.89. The number of methoxy groups -OCH3 is 1. The first-order valence-electron chi connectivity index (χ1n) is 6.66. The Balaban J connectivity index is 1.78. The van der Waals surface area contributed by atoms with Crippen LogP contribution < -0.4 is 10.1 Å².